The smallest absolute Gasteiger partial charge is 0.260 e. The number of amides is 1. The van der Waals surface area contributed by atoms with E-state index in [0.717, 1.165) is 34.8 Å². The Labute approximate surface area is 180 Å². The van der Waals surface area contributed by atoms with Gasteiger partial charge in [-0.3, -0.25) is 9.48 Å². The van der Waals surface area contributed by atoms with Crippen LogP contribution in [0.3, 0.4) is 0 Å². The van der Waals surface area contributed by atoms with Gasteiger partial charge in [0.1, 0.15) is 22.6 Å². The molecule has 3 heterocycles. The van der Waals surface area contributed by atoms with Gasteiger partial charge in [0.25, 0.3) is 5.91 Å². The van der Waals surface area contributed by atoms with E-state index in [0.29, 0.717) is 37.0 Å². The summed E-state index contributed by atoms with van der Waals surface area (Å²) in [5.74, 6) is 2.17. The van der Waals surface area contributed by atoms with E-state index >= 15 is 0 Å². The van der Waals surface area contributed by atoms with Crippen LogP contribution in [0, 0.1) is 6.92 Å². The number of hydrogen-bond acceptors (Lipinski definition) is 6. The number of nitrogens with zero attached hydrogens (tertiary/aromatic N) is 6. The van der Waals surface area contributed by atoms with Crippen LogP contribution in [0.4, 0.5) is 5.82 Å². The number of hydrogen-bond donors (Lipinski definition) is 0. The predicted molar refractivity (Wildman–Crippen MR) is 116 cm³/mol. The van der Waals surface area contributed by atoms with Gasteiger partial charge in [0.2, 0.25) is 0 Å². The number of carbonyl (C=O) groups excluding carboxylic acids is 1. The number of anilines is 1. The molecule has 1 fully saturated rings. The Morgan fingerprint density at radius 2 is 1.90 bits per heavy atom. The predicted octanol–water partition coefficient (Wildman–Crippen LogP) is 2.62. The number of ether oxygens (including phenoxy) is 1. The third kappa shape index (κ3) is 3.92. The van der Waals surface area contributed by atoms with Crippen LogP contribution < -0.4 is 9.64 Å². The van der Waals surface area contributed by atoms with Crippen molar-refractivity contribution in [2.24, 2.45) is 7.05 Å². The highest BCUT2D eigenvalue weighted by molar-refractivity contribution is 6.32. The number of aromatic nitrogens is 4. The second-order valence-corrected chi connectivity index (χ2v) is 7.72. The topological polar surface area (TPSA) is 76.4 Å². The SMILES string of the molecule is CCc1nc(N2CCN(C(=O)COc3ccccc3Cl)CC2)c2c(n1)c(C)nn2C. The lowest BCUT2D eigenvalue weighted by Gasteiger charge is -2.35. The summed E-state index contributed by atoms with van der Waals surface area (Å²) in [6.45, 7) is 6.58. The molecule has 1 saturated heterocycles. The summed E-state index contributed by atoms with van der Waals surface area (Å²) in [4.78, 5) is 26.1. The number of halogens is 1. The number of piperazine rings is 1. The minimum absolute atomic E-state index is 0.0254. The number of rotatable bonds is 5. The first-order valence-corrected chi connectivity index (χ1v) is 10.5. The molecule has 8 nitrogen and oxygen atoms in total. The van der Waals surface area contributed by atoms with Crippen molar-refractivity contribution in [2.75, 3.05) is 37.7 Å². The molecule has 9 heteroatoms. The number of carbonyl (C=O) groups is 1. The van der Waals surface area contributed by atoms with Crippen LogP contribution in [-0.4, -0.2) is 63.3 Å². The fraction of sp³-hybridized carbons (Fsp3) is 0.429. The van der Waals surface area contributed by atoms with E-state index in [4.69, 9.17) is 21.3 Å². The average Bonchev–Trinajstić information content (AvgIpc) is 3.06. The lowest BCUT2D eigenvalue weighted by atomic mass is 10.2. The summed E-state index contributed by atoms with van der Waals surface area (Å²) in [6.07, 6.45) is 0.759. The van der Waals surface area contributed by atoms with Crippen LogP contribution in [0.15, 0.2) is 24.3 Å². The standard InChI is InChI=1S/C21H25ClN6O2/c1-4-17-23-19-14(2)25-26(3)20(19)21(24-17)28-11-9-27(10-12-28)18(29)13-30-16-8-6-5-7-15(16)22/h5-8H,4,9-13H2,1-3H3. The van der Waals surface area contributed by atoms with Gasteiger partial charge in [0, 0.05) is 39.6 Å². The Morgan fingerprint density at radius 1 is 1.17 bits per heavy atom. The van der Waals surface area contributed by atoms with Crippen LogP contribution in [0.5, 0.6) is 5.75 Å². The van der Waals surface area contributed by atoms with Crippen molar-refractivity contribution in [3.63, 3.8) is 0 Å². The average molecular weight is 429 g/mol. The first-order chi connectivity index (χ1) is 14.5. The van der Waals surface area contributed by atoms with Crippen LogP contribution >= 0.6 is 11.6 Å². The van der Waals surface area contributed by atoms with E-state index in [9.17, 15) is 4.79 Å². The first-order valence-electron chi connectivity index (χ1n) is 10.1. The maximum atomic E-state index is 12.6. The largest absolute Gasteiger partial charge is 0.482 e. The minimum atomic E-state index is -0.0481. The van der Waals surface area contributed by atoms with Gasteiger partial charge >= 0.3 is 0 Å². The van der Waals surface area contributed by atoms with Crippen molar-refractivity contribution >= 4 is 34.4 Å². The minimum Gasteiger partial charge on any atom is -0.482 e. The molecule has 1 amide bonds. The lowest BCUT2D eigenvalue weighted by Crippen LogP contribution is -2.50. The van der Waals surface area contributed by atoms with Crippen LogP contribution in [-0.2, 0) is 18.3 Å². The van der Waals surface area contributed by atoms with E-state index in [1.54, 1.807) is 12.1 Å². The summed E-state index contributed by atoms with van der Waals surface area (Å²) >= 11 is 6.09. The third-order valence-electron chi connectivity index (χ3n) is 5.31. The molecule has 4 rings (SSSR count). The number of benzene rings is 1. The number of para-hydroxylation sites is 1. The van der Waals surface area contributed by atoms with Crippen LogP contribution in [0.25, 0.3) is 11.0 Å². The number of fused-ring (bicyclic) bond motifs is 1. The fourth-order valence-corrected chi connectivity index (χ4v) is 3.89. The Morgan fingerprint density at radius 3 is 2.60 bits per heavy atom. The highest BCUT2D eigenvalue weighted by atomic mass is 35.5. The molecule has 0 bridgehead atoms. The fourth-order valence-electron chi connectivity index (χ4n) is 3.70. The summed E-state index contributed by atoms with van der Waals surface area (Å²) in [6, 6.07) is 7.16. The van der Waals surface area contributed by atoms with Gasteiger partial charge in [0.15, 0.2) is 12.4 Å². The van der Waals surface area contributed by atoms with E-state index in [2.05, 4.69) is 15.0 Å². The van der Waals surface area contributed by atoms with Crippen LogP contribution in [0.2, 0.25) is 5.02 Å². The maximum Gasteiger partial charge on any atom is 0.260 e. The molecule has 0 aliphatic carbocycles. The van der Waals surface area contributed by atoms with Crippen molar-refractivity contribution in [2.45, 2.75) is 20.3 Å². The summed E-state index contributed by atoms with van der Waals surface area (Å²) in [5, 5.41) is 5.02. The lowest BCUT2D eigenvalue weighted by molar-refractivity contribution is -0.133. The molecule has 158 valence electrons. The van der Waals surface area contributed by atoms with Crippen molar-refractivity contribution in [3.05, 3.63) is 40.8 Å². The molecule has 0 radical (unpaired) electrons. The van der Waals surface area contributed by atoms with Gasteiger partial charge in [-0.2, -0.15) is 5.10 Å². The molecule has 0 saturated carbocycles. The molecular formula is C21H25ClN6O2. The van der Waals surface area contributed by atoms with E-state index in [1.807, 2.05) is 42.6 Å². The van der Waals surface area contributed by atoms with Gasteiger partial charge in [-0.1, -0.05) is 30.7 Å². The normalized spacial score (nSPS) is 14.4. The first kappa shape index (κ1) is 20.4. The molecule has 0 spiro atoms. The van der Waals surface area contributed by atoms with E-state index in [-0.39, 0.29) is 12.5 Å². The van der Waals surface area contributed by atoms with E-state index in [1.165, 1.54) is 0 Å². The quantitative estimate of drug-likeness (QED) is 0.621. The van der Waals surface area contributed by atoms with Gasteiger partial charge in [-0.05, 0) is 19.1 Å². The highest BCUT2D eigenvalue weighted by Crippen LogP contribution is 2.27. The molecule has 1 aliphatic rings. The summed E-state index contributed by atoms with van der Waals surface area (Å²) in [7, 11) is 1.92. The Balaban J connectivity index is 1.45. The monoisotopic (exact) mass is 428 g/mol. The molecule has 2 aromatic heterocycles. The van der Waals surface area contributed by atoms with Gasteiger partial charge in [-0.15, -0.1) is 0 Å². The second-order valence-electron chi connectivity index (χ2n) is 7.31. The van der Waals surface area contributed by atoms with Gasteiger partial charge in [-0.25, -0.2) is 9.97 Å². The molecule has 30 heavy (non-hydrogen) atoms. The summed E-state index contributed by atoms with van der Waals surface area (Å²) in [5.41, 5.74) is 2.73. The number of aryl methyl sites for hydroxylation is 3. The maximum absolute atomic E-state index is 12.6. The highest BCUT2D eigenvalue weighted by Gasteiger charge is 2.26. The van der Waals surface area contributed by atoms with Gasteiger partial charge in [0.05, 0.1) is 10.7 Å². The Kier molecular flexibility index (Phi) is 5.76. The summed E-state index contributed by atoms with van der Waals surface area (Å²) < 4.78 is 7.44. The van der Waals surface area contributed by atoms with E-state index < -0.39 is 0 Å². The molecular weight excluding hydrogens is 404 g/mol. The Bertz CT molecular complexity index is 1070. The molecule has 1 aliphatic heterocycles. The molecule has 3 aromatic rings. The molecule has 1 aromatic carbocycles. The van der Waals surface area contributed by atoms with Crippen molar-refractivity contribution in [1.29, 1.82) is 0 Å². The molecule has 0 N–H and O–H groups in total. The zero-order valence-corrected chi connectivity index (χ0v) is 18.2. The van der Waals surface area contributed by atoms with Crippen molar-refractivity contribution in [1.82, 2.24) is 24.6 Å². The zero-order chi connectivity index (χ0) is 21.3. The molecule has 0 atom stereocenters. The zero-order valence-electron chi connectivity index (χ0n) is 17.4. The second kappa shape index (κ2) is 8.47. The van der Waals surface area contributed by atoms with Crippen molar-refractivity contribution in [3.8, 4) is 5.75 Å². The van der Waals surface area contributed by atoms with Gasteiger partial charge < -0.3 is 14.5 Å². The van der Waals surface area contributed by atoms with Crippen molar-refractivity contribution < 1.29 is 9.53 Å². The third-order valence-corrected chi connectivity index (χ3v) is 5.63. The Hall–Kier alpha value is -2.87. The molecule has 0 unspecified atom stereocenters. The van der Waals surface area contributed by atoms with Crippen LogP contribution in [0.1, 0.15) is 18.4 Å².